The highest BCUT2D eigenvalue weighted by atomic mass is 35.5. The van der Waals surface area contributed by atoms with Gasteiger partial charge in [0.1, 0.15) is 5.52 Å². The van der Waals surface area contributed by atoms with Gasteiger partial charge >= 0.3 is 0 Å². The maximum Gasteiger partial charge on any atom is 0.265 e. The van der Waals surface area contributed by atoms with Crippen LogP contribution in [0.5, 0.6) is 0 Å². The quantitative estimate of drug-likeness (QED) is 0.530. The molecule has 4 aromatic rings. The number of fused-ring (bicyclic) bond motifs is 4. The summed E-state index contributed by atoms with van der Waals surface area (Å²) in [6, 6.07) is 9.63. The standard InChI is InChI=1S/C18H14ClN7/c19-11-6-7-13-12(9-11)16-17(21-13)22-18(26-24-16)25-23-14-5-1-3-10-4-2-8-20-15(10)14/h2,4,6-9H,1,3,5H2,(H2,21,22,25,26)/b23-14+. The highest BCUT2D eigenvalue weighted by Gasteiger charge is 2.16. The van der Waals surface area contributed by atoms with Gasteiger partial charge < -0.3 is 4.98 Å². The van der Waals surface area contributed by atoms with Gasteiger partial charge in [-0.25, -0.2) is 5.43 Å². The van der Waals surface area contributed by atoms with E-state index in [-0.39, 0.29) is 0 Å². The van der Waals surface area contributed by atoms with Crippen molar-refractivity contribution in [1.29, 1.82) is 0 Å². The van der Waals surface area contributed by atoms with Crippen LogP contribution in [0.2, 0.25) is 5.02 Å². The van der Waals surface area contributed by atoms with Crippen molar-refractivity contribution < 1.29 is 0 Å². The van der Waals surface area contributed by atoms with Crippen LogP contribution in [0.1, 0.15) is 24.1 Å². The van der Waals surface area contributed by atoms with Gasteiger partial charge in [-0.15, -0.1) is 10.2 Å². The minimum atomic E-state index is 0.339. The Bertz CT molecular complexity index is 1160. The Morgan fingerprint density at radius 1 is 1.15 bits per heavy atom. The second kappa shape index (κ2) is 6.03. The van der Waals surface area contributed by atoms with Gasteiger partial charge in [0, 0.05) is 22.1 Å². The summed E-state index contributed by atoms with van der Waals surface area (Å²) in [7, 11) is 0. The van der Waals surface area contributed by atoms with Gasteiger partial charge in [-0.3, -0.25) is 4.98 Å². The number of halogens is 1. The van der Waals surface area contributed by atoms with Crippen LogP contribution in [0.3, 0.4) is 0 Å². The zero-order chi connectivity index (χ0) is 17.5. The maximum absolute atomic E-state index is 6.07. The fourth-order valence-electron chi connectivity index (χ4n) is 3.28. The van der Waals surface area contributed by atoms with Gasteiger partial charge in [0.15, 0.2) is 5.65 Å². The van der Waals surface area contributed by atoms with Gasteiger partial charge in [0.25, 0.3) is 5.95 Å². The average molecular weight is 364 g/mol. The monoisotopic (exact) mass is 363 g/mol. The fraction of sp³-hybridized carbons (Fsp3) is 0.167. The van der Waals surface area contributed by atoms with E-state index in [0.29, 0.717) is 22.1 Å². The van der Waals surface area contributed by atoms with Crippen molar-refractivity contribution in [1.82, 2.24) is 25.1 Å². The van der Waals surface area contributed by atoms with Gasteiger partial charge in [-0.05, 0) is 49.1 Å². The van der Waals surface area contributed by atoms with E-state index in [1.807, 2.05) is 24.3 Å². The molecule has 0 atom stereocenters. The van der Waals surface area contributed by atoms with Crippen LogP contribution in [0, 0.1) is 0 Å². The number of aromatic amines is 1. The molecule has 2 N–H and O–H groups in total. The molecule has 0 unspecified atom stereocenters. The molecule has 0 fully saturated rings. The summed E-state index contributed by atoms with van der Waals surface area (Å²) < 4.78 is 0. The minimum absolute atomic E-state index is 0.339. The predicted octanol–water partition coefficient (Wildman–Crippen LogP) is 3.71. The number of H-pyrrole nitrogens is 1. The lowest BCUT2D eigenvalue weighted by atomic mass is 9.95. The highest BCUT2D eigenvalue weighted by Crippen LogP contribution is 2.25. The number of hydrogen-bond acceptors (Lipinski definition) is 6. The summed E-state index contributed by atoms with van der Waals surface area (Å²) >= 11 is 6.07. The lowest BCUT2D eigenvalue weighted by molar-refractivity contribution is 0.823. The molecule has 0 saturated carbocycles. The topological polar surface area (TPSA) is 91.7 Å². The Hall–Kier alpha value is -3.06. The van der Waals surface area contributed by atoms with Crippen molar-refractivity contribution >= 4 is 45.3 Å². The van der Waals surface area contributed by atoms with E-state index >= 15 is 0 Å². The van der Waals surface area contributed by atoms with Crippen LogP contribution in [-0.2, 0) is 6.42 Å². The largest absolute Gasteiger partial charge is 0.338 e. The summed E-state index contributed by atoms with van der Waals surface area (Å²) in [5.41, 5.74) is 8.25. The number of nitrogens with one attached hydrogen (secondary N) is 2. The Balaban J connectivity index is 1.50. The number of aromatic nitrogens is 5. The van der Waals surface area contributed by atoms with Crippen LogP contribution in [0.15, 0.2) is 41.6 Å². The van der Waals surface area contributed by atoms with E-state index in [1.54, 1.807) is 6.20 Å². The fourth-order valence-corrected chi connectivity index (χ4v) is 3.45. The van der Waals surface area contributed by atoms with E-state index in [2.05, 4.69) is 41.7 Å². The molecule has 8 heteroatoms. The third-order valence-corrected chi connectivity index (χ3v) is 4.73. The molecule has 128 valence electrons. The van der Waals surface area contributed by atoms with E-state index in [9.17, 15) is 0 Å². The third-order valence-electron chi connectivity index (χ3n) is 4.49. The lowest BCUT2D eigenvalue weighted by Gasteiger charge is -2.15. The van der Waals surface area contributed by atoms with Crippen molar-refractivity contribution in [3.05, 3.63) is 52.8 Å². The van der Waals surface area contributed by atoms with Crippen molar-refractivity contribution in [3.8, 4) is 0 Å². The third kappa shape index (κ3) is 2.57. The molecular weight excluding hydrogens is 350 g/mol. The molecule has 5 rings (SSSR count). The first kappa shape index (κ1) is 15.2. The Morgan fingerprint density at radius 2 is 2.12 bits per heavy atom. The molecular formula is C18H14ClN7. The molecule has 7 nitrogen and oxygen atoms in total. The molecule has 0 spiro atoms. The summed E-state index contributed by atoms with van der Waals surface area (Å²) in [6.45, 7) is 0. The van der Waals surface area contributed by atoms with Gasteiger partial charge in [-0.2, -0.15) is 10.1 Å². The molecule has 1 aromatic carbocycles. The molecule has 1 aliphatic carbocycles. The SMILES string of the molecule is Clc1ccc2[nH]c3nc(N/N=C4\CCCc5cccnc54)nnc3c2c1. The number of hydrogen-bond donors (Lipinski definition) is 2. The predicted molar refractivity (Wildman–Crippen MR) is 102 cm³/mol. The molecule has 0 bridgehead atoms. The maximum atomic E-state index is 6.07. The van der Waals surface area contributed by atoms with Crippen molar-refractivity contribution in [2.24, 2.45) is 5.10 Å². The molecule has 0 saturated heterocycles. The zero-order valence-corrected chi connectivity index (χ0v) is 14.5. The molecule has 26 heavy (non-hydrogen) atoms. The number of rotatable bonds is 2. The number of aryl methyl sites for hydroxylation is 1. The second-order valence-electron chi connectivity index (χ2n) is 6.18. The van der Waals surface area contributed by atoms with Gasteiger partial charge in [-0.1, -0.05) is 17.7 Å². The van der Waals surface area contributed by atoms with Crippen LogP contribution in [0.25, 0.3) is 22.1 Å². The first-order valence-electron chi connectivity index (χ1n) is 8.36. The number of anilines is 1. The lowest BCUT2D eigenvalue weighted by Crippen LogP contribution is -2.15. The van der Waals surface area contributed by atoms with Crippen molar-refractivity contribution in [2.75, 3.05) is 5.43 Å². The second-order valence-corrected chi connectivity index (χ2v) is 6.62. The molecule has 3 heterocycles. The Kier molecular flexibility index (Phi) is 3.53. The molecule has 0 amide bonds. The normalized spacial score (nSPS) is 15.5. The molecule has 1 aliphatic rings. The van der Waals surface area contributed by atoms with Crippen LogP contribution < -0.4 is 5.43 Å². The Morgan fingerprint density at radius 3 is 3.08 bits per heavy atom. The summed E-state index contributed by atoms with van der Waals surface area (Å²) in [4.78, 5) is 12.2. The minimum Gasteiger partial charge on any atom is -0.338 e. The number of pyridine rings is 1. The Labute approximate surface area is 153 Å². The van der Waals surface area contributed by atoms with E-state index in [0.717, 1.165) is 41.6 Å². The first-order chi connectivity index (χ1) is 12.8. The van der Waals surface area contributed by atoms with E-state index in [1.165, 1.54) is 5.56 Å². The average Bonchev–Trinajstić information content (AvgIpc) is 3.03. The van der Waals surface area contributed by atoms with Crippen LogP contribution in [0.4, 0.5) is 5.95 Å². The number of benzene rings is 1. The summed E-state index contributed by atoms with van der Waals surface area (Å²) in [5.74, 6) is 0.339. The molecule has 0 aliphatic heterocycles. The van der Waals surface area contributed by atoms with Gasteiger partial charge in [0.05, 0.1) is 11.4 Å². The number of hydrazone groups is 1. The summed E-state index contributed by atoms with van der Waals surface area (Å²) in [6.07, 6.45) is 4.75. The van der Waals surface area contributed by atoms with Crippen molar-refractivity contribution in [2.45, 2.75) is 19.3 Å². The smallest absolute Gasteiger partial charge is 0.265 e. The van der Waals surface area contributed by atoms with Crippen LogP contribution in [-0.4, -0.2) is 30.9 Å². The summed E-state index contributed by atoms with van der Waals surface area (Å²) in [5, 5.41) is 14.4. The highest BCUT2D eigenvalue weighted by molar-refractivity contribution is 6.31. The van der Waals surface area contributed by atoms with Gasteiger partial charge in [0.2, 0.25) is 0 Å². The molecule has 3 aromatic heterocycles. The molecule has 0 radical (unpaired) electrons. The first-order valence-corrected chi connectivity index (χ1v) is 8.74. The zero-order valence-electron chi connectivity index (χ0n) is 13.7. The van der Waals surface area contributed by atoms with E-state index in [4.69, 9.17) is 11.6 Å². The van der Waals surface area contributed by atoms with Crippen LogP contribution >= 0.6 is 11.6 Å². The van der Waals surface area contributed by atoms with E-state index < -0.39 is 0 Å². The van der Waals surface area contributed by atoms with Crippen molar-refractivity contribution in [3.63, 3.8) is 0 Å². The number of nitrogens with zero attached hydrogens (tertiary/aromatic N) is 5.